The van der Waals surface area contributed by atoms with E-state index in [0.29, 0.717) is 11.7 Å². The van der Waals surface area contributed by atoms with Gasteiger partial charge in [0.15, 0.2) is 9.34 Å². The Labute approximate surface area is 128 Å². The average molecular weight is 326 g/mol. The number of sulfonamides is 1. The van der Waals surface area contributed by atoms with E-state index in [-0.39, 0.29) is 4.21 Å². The van der Waals surface area contributed by atoms with Crippen molar-refractivity contribution in [1.82, 2.24) is 4.98 Å². The summed E-state index contributed by atoms with van der Waals surface area (Å²) in [7, 11) is 0.316. The molecule has 3 N–H and O–H groups in total. The molecule has 0 radical (unpaired) electrons. The number of primary sulfonamides is 1. The molecule has 21 heavy (non-hydrogen) atoms. The molecule has 2 rings (SSSR count). The lowest BCUT2D eigenvalue weighted by Gasteiger charge is -2.15. The summed E-state index contributed by atoms with van der Waals surface area (Å²) in [6.45, 7) is 2.62. The van der Waals surface area contributed by atoms with Crippen molar-refractivity contribution in [2.75, 3.05) is 24.3 Å². The molecule has 0 saturated carbocycles. The Balaban J connectivity index is 2.08. The van der Waals surface area contributed by atoms with E-state index in [9.17, 15) is 8.42 Å². The Kier molecular flexibility index (Phi) is 4.50. The summed E-state index contributed by atoms with van der Waals surface area (Å²) >= 11 is 1.03. The van der Waals surface area contributed by atoms with Crippen LogP contribution < -0.4 is 15.4 Å². The smallest absolute Gasteiger partial charge is 0.249 e. The normalized spacial score (nSPS) is 11.4. The summed E-state index contributed by atoms with van der Waals surface area (Å²) in [6, 6.07) is 6.20. The van der Waals surface area contributed by atoms with E-state index in [1.165, 1.54) is 6.20 Å². The van der Waals surface area contributed by atoms with Crippen LogP contribution in [0.5, 0.6) is 0 Å². The molecule has 2 aromatic rings. The molecule has 6 nitrogen and oxygen atoms in total. The van der Waals surface area contributed by atoms with E-state index in [2.05, 4.69) is 16.4 Å². The highest BCUT2D eigenvalue weighted by atomic mass is 32.2. The molecule has 1 aromatic heterocycles. The molecule has 0 saturated heterocycles. The number of benzene rings is 1. The standard InChI is InChI=1S/C13H18N4O2S2/c1-9-6-11(17(2)3)5-4-10(9)7-15-13-16-8-12(20-13)21(14,18)19/h4-6,8H,7H2,1-3H3,(H,15,16)(H2,14,18,19). The first-order chi connectivity index (χ1) is 9.77. The Morgan fingerprint density at radius 3 is 2.62 bits per heavy atom. The Morgan fingerprint density at radius 1 is 1.38 bits per heavy atom. The Bertz CT molecular complexity index is 738. The number of aromatic nitrogens is 1. The van der Waals surface area contributed by atoms with Crippen LogP contribution in [0.25, 0.3) is 0 Å². The van der Waals surface area contributed by atoms with Gasteiger partial charge in [0.2, 0.25) is 10.0 Å². The first kappa shape index (κ1) is 15.7. The van der Waals surface area contributed by atoms with Gasteiger partial charge in [0.25, 0.3) is 0 Å². The topological polar surface area (TPSA) is 88.3 Å². The highest BCUT2D eigenvalue weighted by Gasteiger charge is 2.12. The van der Waals surface area contributed by atoms with E-state index in [4.69, 9.17) is 5.14 Å². The lowest BCUT2D eigenvalue weighted by molar-refractivity contribution is 0.599. The Hall–Kier alpha value is -1.64. The van der Waals surface area contributed by atoms with E-state index in [1.807, 2.05) is 38.1 Å². The number of hydrogen-bond acceptors (Lipinski definition) is 6. The molecular weight excluding hydrogens is 308 g/mol. The maximum atomic E-state index is 11.2. The van der Waals surface area contributed by atoms with E-state index in [0.717, 1.165) is 28.2 Å². The summed E-state index contributed by atoms with van der Waals surface area (Å²) < 4.78 is 22.4. The van der Waals surface area contributed by atoms with Gasteiger partial charge in [0.1, 0.15) is 0 Å². The van der Waals surface area contributed by atoms with Gasteiger partial charge in [-0.1, -0.05) is 17.4 Å². The van der Waals surface area contributed by atoms with Crippen molar-refractivity contribution in [3.05, 3.63) is 35.5 Å². The fraction of sp³-hybridized carbons (Fsp3) is 0.308. The van der Waals surface area contributed by atoms with E-state index < -0.39 is 10.0 Å². The second kappa shape index (κ2) is 6.00. The van der Waals surface area contributed by atoms with Crippen molar-refractivity contribution in [3.8, 4) is 0 Å². The number of aryl methyl sites for hydroxylation is 1. The molecule has 0 aliphatic heterocycles. The van der Waals surface area contributed by atoms with Crippen LogP contribution in [0.1, 0.15) is 11.1 Å². The van der Waals surface area contributed by atoms with Crippen molar-refractivity contribution < 1.29 is 8.42 Å². The molecule has 0 fully saturated rings. The zero-order valence-electron chi connectivity index (χ0n) is 12.1. The summed E-state index contributed by atoms with van der Waals surface area (Å²) in [5.41, 5.74) is 3.44. The van der Waals surface area contributed by atoms with Crippen LogP contribution >= 0.6 is 11.3 Å². The molecule has 0 atom stereocenters. The van der Waals surface area contributed by atoms with Crippen LogP contribution in [0.2, 0.25) is 0 Å². The minimum atomic E-state index is -3.68. The number of anilines is 2. The molecular formula is C13H18N4O2S2. The van der Waals surface area contributed by atoms with Gasteiger partial charge in [-0.05, 0) is 30.2 Å². The van der Waals surface area contributed by atoms with Crippen LogP contribution in [-0.2, 0) is 16.6 Å². The summed E-state index contributed by atoms with van der Waals surface area (Å²) in [5.74, 6) is 0. The van der Waals surface area contributed by atoms with Crippen LogP contribution in [0.15, 0.2) is 28.6 Å². The van der Waals surface area contributed by atoms with Gasteiger partial charge in [0, 0.05) is 26.3 Å². The zero-order chi connectivity index (χ0) is 15.6. The number of nitrogens with zero attached hydrogens (tertiary/aromatic N) is 2. The molecule has 0 aliphatic carbocycles. The minimum absolute atomic E-state index is 0.0599. The fourth-order valence-corrected chi connectivity index (χ4v) is 3.25. The first-order valence-corrected chi connectivity index (χ1v) is 8.63. The third kappa shape index (κ3) is 3.93. The summed E-state index contributed by atoms with van der Waals surface area (Å²) in [5, 5.41) is 8.71. The van der Waals surface area contributed by atoms with Gasteiger partial charge in [0.05, 0.1) is 6.20 Å². The molecule has 0 unspecified atom stereocenters. The quantitative estimate of drug-likeness (QED) is 0.874. The van der Waals surface area contributed by atoms with Crippen LogP contribution in [0, 0.1) is 6.92 Å². The highest BCUT2D eigenvalue weighted by molar-refractivity contribution is 7.91. The second-order valence-corrected chi connectivity index (χ2v) is 7.71. The van der Waals surface area contributed by atoms with E-state index in [1.54, 1.807) is 0 Å². The van der Waals surface area contributed by atoms with E-state index >= 15 is 0 Å². The number of nitrogens with two attached hydrogens (primary N) is 1. The van der Waals surface area contributed by atoms with Crippen molar-refractivity contribution in [2.24, 2.45) is 5.14 Å². The average Bonchev–Trinajstić information content (AvgIpc) is 2.85. The lowest BCUT2D eigenvalue weighted by Crippen LogP contribution is -2.10. The molecule has 0 spiro atoms. The van der Waals surface area contributed by atoms with Crippen LogP contribution in [-0.4, -0.2) is 27.5 Å². The SMILES string of the molecule is Cc1cc(N(C)C)ccc1CNc1ncc(S(N)(=O)=O)s1. The van der Waals surface area contributed by atoms with Crippen molar-refractivity contribution in [1.29, 1.82) is 0 Å². The maximum absolute atomic E-state index is 11.2. The number of nitrogens with one attached hydrogen (secondary N) is 1. The van der Waals surface area contributed by atoms with Crippen LogP contribution in [0.4, 0.5) is 10.8 Å². The maximum Gasteiger partial charge on any atom is 0.249 e. The van der Waals surface area contributed by atoms with Gasteiger partial charge >= 0.3 is 0 Å². The Morgan fingerprint density at radius 2 is 2.10 bits per heavy atom. The third-order valence-corrected chi connectivity index (χ3v) is 5.40. The predicted molar refractivity (Wildman–Crippen MR) is 86.3 cm³/mol. The van der Waals surface area contributed by atoms with Crippen molar-refractivity contribution in [3.63, 3.8) is 0 Å². The molecule has 0 aliphatic rings. The number of hydrogen-bond donors (Lipinski definition) is 2. The van der Waals surface area contributed by atoms with Gasteiger partial charge < -0.3 is 10.2 Å². The number of rotatable bonds is 5. The molecule has 1 aromatic carbocycles. The molecule has 114 valence electrons. The van der Waals surface area contributed by atoms with Crippen LogP contribution in [0.3, 0.4) is 0 Å². The minimum Gasteiger partial charge on any atom is -0.378 e. The van der Waals surface area contributed by atoms with Crippen molar-refractivity contribution >= 4 is 32.2 Å². The third-order valence-electron chi connectivity index (χ3n) is 3.04. The molecule has 0 bridgehead atoms. The molecule has 0 amide bonds. The number of thiazole rings is 1. The van der Waals surface area contributed by atoms with Gasteiger partial charge in [-0.25, -0.2) is 18.5 Å². The second-order valence-electron chi connectivity index (χ2n) is 4.89. The molecule has 1 heterocycles. The predicted octanol–water partition coefficient (Wildman–Crippen LogP) is 1.78. The molecule has 8 heteroatoms. The van der Waals surface area contributed by atoms with Crippen molar-refractivity contribution in [2.45, 2.75) is 17.7 Å². The summed E-state index contributed by atoms with van der Waals surface area (Å²) in [4.78, 5) is 6.06. The largest absolute Gasteiger partial charge is 0.378 e. The monoisotopic (exact) mass is 326 g/mol. The summed E-state index contributed by atoms with van der Waals surface area (Å²) in [6.07, 6.45) is 1.27. The lowest BCUT2D eigenvalue weighted by atomic mass is 10.1. The van der Waals surface area contributed by atoms with Gasteiger partial charge in [-0.2, -0.15) is 0 Å². The van der Waals surface area contributed by atoms with Gasteiger partial charge in [-0.3, -0.25) is 0 Å². The zero-order valence-corrected chi connectivity index (χ0v) is 13.8. The first-order valence-electron chi connectivity index (χ1n) is 6.27. The van der Waals surface area contributed by atoms with Gasteiger partial charge in [-0.15, -0.1) is 0 Å². The highest BCUT2D eigenvalue weighted by Crippen LogP contribution is 2.23. The fourth-order valence-electron chi connectivity index (χ4n) is 1.80.